The van der Waals surface area contributed by atoms with Gasteiger partial charge in [-0.05, 0) is 59.2 Å². The van der Waals surface area contributed by atoms with Crippen LogP contribution in [0, 0.1) is 0 Å². The molecular formula is C38H28N4O. The quantitative estimate of drug-likeness (QED) is 0.191. The van der Waals surface area contributed by atoms with Gasteiger partial charge in [-0.15, -0.1) is 10.2 Å². The van der Waals surface area contributed by atoms with Gasteiger partial charge < -0.3 is 15.5 Å². The second-order valence-electron chi connectivity index (χ2n) is 10.2. The molecule has 0 saturated carbocycles. The van der Waals surface area contributed by atoms with Gasteiger partial charge in [-0.1, -0.05) is 109 Å². The fourth-order valence-corrected chi connectivity index (χ4v) is 5.35. The van der Waals surface area contributed by atoms with E-state index < -0.39 is 0 Å². The molecule has 0 unspecified atom stereocenters. The summed E-state index contributed by atoms with van der Waals surface area (Å²) in [6.45, 7) is 0. The number of rotatable bonds is 7. The Morgan fingerprint density at radius 1 is 0.465 bits per heavy atom. The zero-order valence-electron chi connectivity index (χ0n) is 23.3. The predicted octanol–water partition coefficient (Wildman–Crippen LogP) is 9.73. The Labute approximate surface area is 250 Å². The minimum atomic E-state index is 0.473. The molecule has 0 aliphatic rings. The van der Waals surface area contributed by atoms with E-state index in [1.54, 1.807) is 0 Å². The maximum Gasteiger partial charge on any atom is 0.248 e. The van der Waals surface area contributed by atoms with E-state index in [9.17, 15) is 0 Å². The maximum absolute atomic E-state index is 7.03. The number of hydrogen-bond donors (Lipinski definition) is 2. The highest BCUT2D eigenvalue weighted by molar-refractivity contribution is 6.04. The molecular weight excluding hydrogens is 528 g/mol. The molecule has 7 rings (SSSR count). The van der Waals surface area contributed by atoms with Crippen molar-refractivity contribution in [2.24, 2.45) is 0 Å². The summed E-state index contributed by atoms with van der Waals surface area (Å²) < 4.78 is 5.98. The Kier molecular flexibility index (Phi) is 6.96. The Morgan fingerprint density at radius 3 is 1.44 bits per heavy atom. The number of nitrogens with two attached hydrogens (primary N) is 1. The lowest BCUT2D eigenvalue weighted by Crippen LogP contribution is -2.02. The molecule has 0 spiro atoms. The number of anilines is 3. The number of benzene rings is 6. The summed E-state index contributed by atoms with van der Waals surface area (Å²) in [5, 5.41) is 12.2. The van der Waals surface area contributed by atoms with Gasteiger partial charge in [-0.3, -0.25) is 0 Å². The van der Waals surface area contributed by atoms with Crippen LogP contribution in [0.15, 0.2) is 156 Å². The lowest BCUT2D eigenvalue weighted by Gasteiger charge is -2.22. The van der Waals surface area contributed by atoms with Crippen molar-refractivity contribution in [1.29, 1.82) is 0 Å². The lowest BCUT2D eigenvalue weighted by atomic mass is 9.87. The monoisotopic (exact) mass is 556 g/mol. The average molecular weight is 557 g/mol. The molecule has 0 radical (unpaired) electrons. The van der Waals surface area contributed by atoms with E-state index in [1.807, 2.05) is 97.1 Å². The maximum atomic E-state index is 7.03. The first-order valence-electron chi connectivity index (χ1n) is 14.1. The van der Waals surface area contributed by atoms with Crippen LogP contribution in [0.1, 0.15) is 0 Å². The van der Waals surface area contributed by atoms with Crippen LogP contribution < -0.4 is 11.1 Å². The van der Waals surface area contributed by atoms with Crippen molar-refractivity contribution >= 4 is 17.1 Å². The molecule has 0 fully saturated rings. The third kappa shape index (κ3) is 5.27. The van der Waals surface area contributed by atoms with Crippen LogP contribution in [0.5, 0.6) is 0 Å². The largest absolute Gasteiger partial charge is 0.416 e. The topological polar surface area (TPSA) is 77.0 Å². The van der Waals surface area contributed by atoms with E-state index in [4.69, 9.17) is 10.2 Å². The van der Waals surface area contributed by atoms with Crippen LogP contribution in [0.25, 0.3) is 56.3 Å². The zero-order chi connectivity index (χ0) is 29.0. The number of hydrogen-bond acceptors (Lipinski definition) is 5. The van der Waals surface area contributed by atoms with E-state index >= 15 is 0 Å². The van der Waals surface area contributed by atoms with Gasteiger partial charge in [-0.25, -0.2) is 0 Å². The number of nitrogens with one attached hydrogen (secondary N) is 1. The molecule has 0 amide bonds. The molecule has 7 aromatic rings. The van der Waals surface area contributed by atoms with Crippen LogP contribution in [0.4, 0.5) is 17.1 Å². The highest BCUT2D eigenvalue weighted by atomic mass is 16.4. The van der Waals surface area contributed by atoms with Gasteiger partial charge in [0.1, 0.15) is 0 Å². The van der Waals surface area contributed by atoms with Crippen LogP contribution in [0.2, 0.25) is 0 Å². The van der Waals surface area contributed by atoms with E-state index in [2.05, 4.69) is 70.1 Å². The minimum absolute atomic E-state index is 0.473. The van der Waals surface area contributed by atoms with Crippen molar-refractivity contribution in [2.45, 2.75) is 0 Å². The van der Waals surface area contributed by atoms with Crippen LogP contribution >= 0.6 is 0 Å². The number of nitrogens with zero attached hydrogens (tertiary/aromatic N) is 2. The Morgan fingerprint density at radius 2 is 0.907 bits per heavy atom. The molecule has 3 N–H and O–H groups in total. The first-order chi connectivity index (χ1) is 21.2. The summed E-state index contributed by atoms with van der Waals surface area (Å²) >= 11 is 0. The molecule has 5 heteroatoms. The molecule has 0 bridgehead atoms. The standard InChI is InChI=1S/C38H28N4O/c39-36-32(26-13-5-1-6-14-26)25-33(34(27-15-7-2-8-16-27)35(36)28-17-9-3-10-18-28)40-31-23-21-30(22-24-31)38-42-41-37(43-38)29-19-11-4-12-20-29/h1-25,40H,39H2. The fraction of sp³-hybridized carbons (Fsp3) is 0. The van der Waals surface area contributed by atoms with E-state index in [0.717, 1.165) is 61.6 Å². The molecule has 0 aliphatic heterocycles. The lowest BCUT2D eigenvalue weighted by molar-refractivity contribution is 0.584. The first kappa shape index (κ1) is 26.0. The second-order valence-corrected chi connectivity index (χ2v) is 10.2. The average Bonchev–Trinajstić information content (AvgIpc) is 3.58. The van der Waals surface area contributed by atoms with Gasteiger partial charge in [0.25, 0.3) is 0 Å². The van der Waals surface area contributed by atoms with Crippen LogP contribution in [0.3, 0.4) is 0 Å². The minimum Gasteiger partial charge on any atom is -0.416 e. The van der Waals surface area contributed by atoms with Gasteiger partial charge in [0.2, 0.25) is 11.8 Å². The van der Waals surface area contributed by atoms with Gasteiger partial charge >= 0.3 is 0 Å². The third-order valence-corrected chi connectivity index (χ3v) is 7.43. The van der Waals surface area contributed by atoms with Gasteiger partial charge in [0.15, 0.2) is 0 Å². The van der Waals surface area contributed by atoms with E-state index in [1.165, 1.54) is 0 Å². The molecule has 0 saturated heterocycles. The molecule has 0 atom stereocenters. The van der Waals surface area contributed by atoms with Gasteiger partial charge in [-0.2, -0.15) is 0 Å². The molecule has 206 valence electrons. The number of aromatic nitrogens is 2. The Bertz CT molecular complexity index is 1970. The van der Waals surface area contributed by atoms with Crippen molar-refractivity contribution in [3.05, 3.63) is 152 Å². The van der Waals surface area contributed by atoms with E-state index in [-0.39, 0.29) is 0 Å². The highest BCUT2D eigenvalue weighted by Gasteiger charge is 2.20. The first-order valence-corrected chi connectivity index (χ1v) is 14.1. The van der Waals surface area contributed by atoms with Crippen molar-refractivity contribution in [2.75, 3.05) is 11.1 Å². The van der Waals surface area contributed by atoms with Crippen molar-refractivity contribution in [3.8, 4) is 56.3 Å². The molecule has 1 aromatic heterocycles. The molecule has 6 aromatic carbocycles. The SMILES string of the molecule is Nc1c(-c2ccccc2)cc(Nc2ccc(-c3nnc(-c4ccccc4)o3)cc2)c(-c2ccccc2)c1-c1ccccc1. The smallest absolute Gasteiger partial charge is 0.248 e. The van der Waals surface area contributed by atoms with Crippen molar-refractivity contribution in [1.82, 2.24) is 10.2 Å². The summed E-state index contributed by atoms with van der Waals surface area (Å²) in [7, 11) is 0. The second kappa shape index (κ2) is 11.5. The van der Waals surface area contributed by atoms with Gasteiger partial charge in [0, 0.05) is 44.9 Å². The van der Waals surface area contributed by atoms with Crippen LogP contribution in [-0.4, -0.2) is 10.2 Å². The summed E-state index contributed by atoms with van der Waals surface area (Å²) in [5.74, 6) is 0.967. The van der Waals surface area contributed by atoms with Crippen molar-refractivity contribution < 1.29 is 4.42 Å². The fourth-order valence-electron chi connectivity index (χ4n) is 5.35. The summed E-state index contributed by atoms with van der Waals surface area (Å²) in [4.78, 5) is 0. The van der Waals surface area contributed by atoms with E-state index in [0.29, 0.717) is 11.8 Å². The summed E-state index contributed by atoms with van der Waals surface area (Å²) in [6.07, 6.45) is 0. The summed E-state index contributed by atoms with van der Waals surface area (Å²) in [5.41, 5.74) is 17.6. The number of nitrogen functional groups attached to an aromatic ring is 1. The molecule has 0 aliphatic carbocycles. The van der Waals surface area contributed by atoms with Crippen LogP contribution in [-0.2, 0) is 0 Å². The van der Waals surface area contributed by atoms with Crippen molar-refractivity contribution in [3.63, 3.8) is 0 Å². The third-order valence-electron chi connectivity index (χ3n) is 7.43. The molecule has 5 nitrogen and oxygen atoms in total. The predicted molar refractivity (Wildman–Crippen MR) is 176 cm³/mol. The highest BCUT2D eigenvalue weighted by Crippen LogP contribution is 2.47. The normalized spacial score (nSPS) is 10.9. The Balaban J connectivity index is 1.33. The van der Waals surface area contributed by atoms with Gasteiger partial charge in [0.05, 0.1) is 0 Å². The zero-order valence-corrected chi connectivity index (χ0v) is 23.3. The Hall–Kier alpha value is -5.94. The molecule has 43 heavy (non-hydrogen) atoms. The molecule has 1 heterocycles. The summed E-state index contributed by atoms with van der Waals surface area (Å²) in [6, 6.07) is 50.9.